The Morgan fingerprint density at radius 3 is 2.18 bits per heavy atom. The monoisotopic (exact) mass is 369 g/mol. The standard InChI is InChI=1S/C24H23N3O/c28-24(25-15-14-21-18-27-16-8-7-13-23(27)26-21)17-22(19-9-3-1-4-10-19)20-11-5-2-6-12-20/h1-13,16,18,22H,14-15,17H2,(H,25,28). The first kappa shape index (κ1) is 18.0. The van der Waals surface area contributed by atoms with Crippen molar-refractivity contribution in [3.63, 3.8) is 0 Å². The van der Waals surface area contributed by atoms with E-state index < -0.39 is 0 Å². The molecule has 0 saturated heterocycles. The summed E-state index contributed by atoms with van der Waals surface area (Å²) in [5, 5.41) is 3.06. The highest BCUT2D eigenvalue weighted by atomic mass is 16.1. The number of aromatic nitrogens is 2. The molecule has 0 aliphatic heterocycles. The van der Waals surface area contributed by atoms with Gasteiger partial charge in [-0.1, -0.05) is 66.7 Å². The molecule has 0 aliphatic rings. The number of carbonyl (C=O) groups excluding carboxylic acids is 1. The fourth-order valence-electron chi connectivity index (χ4n) is 3.49. The highest BCUT2D eigenvalue weighted by Gasteiger charge is 2.17. The third kappa shape index (κ3) is 4.29. The number of rotatable bonds is 7. The number of imidazole rings is 1. The average molecular weight is 369 g/mol. The number of nitrogens with zero attached hydrogens (tertiary/aromatic N) is 2. The fraction of sp³-hybridized carbons (Fsp3) is 0.167. The Balaban J connectivity index is 1.39. The summed E-state index contributed by atoms with van der Waals surface area (Å²) in [7, 11) is 0. The van der Waals surface area contributed by atoms with Crippen LogP contribution in [-0.4, -0.2) is 21.8 Å². The van der Waals surface area contributed by atoms with Gasteiger partial charge in [0.2, 0.25) is 5.91 Å². The van der Waals surface area contributed by atoms with E-state index >= 15 is 0 Å². The molecule has 28 heavy (non-hydrogen) atoms. The van der Waals surface area contributed by atoms with Gasteiger partial charge in [-0.15, -0.1) is 0 Å². The lowest BCUT2D eigenvalue weighted by Gasteiger charge is -2.17. The van der Waals surface area contributed by atoms with Gasteiger partial charge in [-0.25, -0.2) is 4.98 Å². The maximum Gasteiger partial charge on any atom is 0.220 e. The molecular formula is C24H23N3O. The molecule has 4 rings (SSSR count). The molecule has 0 radical (unpaired) electrons. The van der Waals surface area contributed by atoms with Crippen LogP contribution in [0.15, 0.2) is 91.3 Å². The first-order valence-electron chi connectivity index (χ1n) is 9.59. The second-order valence-corrected chi connectivity index (χ2v) is 6.88. The predicted molar refractivity (Wildman–Crippen MR) is 111 cm³/mol. The molecule has 0 unspecified atom stereocenters. The van der Waals surface area contributed by atoms with Gasteiger partial charge < -0.3 is 9.72 Å². The van der Waals surface area contributed by atoms with Crippen LogP contribution in [0.25, 0.3) is 5.65 Å². The molecule has 4 aromatic rings. The lowest BCUT2D eigenvalue weighted by molar-refractivity contribution is -0.121. The Hall–Kier alpha value is -3.40. The van der Waals surface area contributed by atoms with Crippen LogP contribution in [0.4, 0.5) is 0 Å². The summed E-state index contributed by atoms with van der Waals surface area (Å²) in [4.78, 5) is 17.2. The minimum Gasteiger partial charge on any atom is -0.356 e. The minimum atomic E-state index is 0.0533. The van der Waals surface area contributed by atoms with Crippen LogP contribution in [0.1, 0.15) is 29.2 Å². The Morgan fingerprint density at radius 1 is 0.893 bits per heavy atom. The van der Waals surface area contributed by atoms with E-state index in [-0.39, 0.29) is 11.8 Å². The van der Waals surface area contributed by atoms with Crippen molar-refractivity contribution in [3.05, 3.63) is 108 Å². The molecule has 0 bridgehead atoms. The van der Waals surface area contributed by atoms with Crippen molar-refractivity contribution in [3.8, 4) is 0 Å². The zero-order valence-corrected chi connectivity index (χ0v) is 15.7. The van der Waals surface area contributed by atoms with Crippen LogP contribution in [0.3, 0.4) is 0 Å². The molecule has 0 aliphatic carbocycles. The van der Waals surface area contributed by atoms with Crippen LogP contribution in [0.5, 0.6) is 0 Å². The van der Waals surface area contributed by atoms with E-state index in [9.17, 15) is 4.79 Å². The van der Waals surface area contributed by atoms with Crippen LogP contribution in [-0.2, 0) is 11.2 Å². The van der Waals surface area contributed by atoms with E-state index in [0.29, 0.717) is 13.0 Å². The number of pyridine rings is 1. The molecular weight excluding hydrogens is 346 g/mol. The molecule has 1 amide bonds. The van der Waals surface area contributed by atoms with E-state index in [1.807, 2.05) is 71.4 Å². The maximum atomic E-state index is 12.6. The number of fused-ring (bicyclic) bond motifs is 1. The maximum absolute atomic E-state index is 12.6. The zero-order chi connectivity index (χ0) is 19.2. The van der Waals surface area contributed by atoms with Crippen molar-refractivity contribution in [2.45, 2.75) is 18.8 Å². The largest absolute Gasteiger partial charge is 0.356 e. The summed E-state index contributed by atoms with van der Waals surface area (Å²) in [6.07, 6.45) is 5.14. The van der Waals surface area contributed by atoms with Gasteiger partial charge in [0.05, 0.1) is 5.69 Å². The quantitative estimate of drug-likeness (QED) is 0.530. The molecule has 2 aromatic heterocycles. The summed E-state index contributed by atoms with van der Waals surface area (Å²) < 4.78 is 2.00. The van der Waals surface area contributed by atoms with Gasteiger partial charge in [-0.05, 0) is 23.3 Å². The molecule has 0 fully saturated rings. The summed E-state index contributed by atoms with van der Waals surface area (Å²) in [6.45, 7) is 0.582. The van der Waals surface area contributed by atoms with E-state index in [4.69, 9.17) is 0 Å². The van der Waals surface area contributed by atoms with Gasteiger partial charge in [0.25, 0.3) is 0 Å². The minimum absolute atomic E-state index is 0.0533. The zero-order valence-electron chi connectivity index (χ0n) is 15.7. The summed E-state index contributed by atoms with van der Waals surface area (Å²) in [5.74, 6) is 0.110. The Bertz CT molecular complexity index is 969. The topological polar surface area (TPSA) is 46.4 Å². The van der Waals surface area contributed by atoms with Gasteiger partial charge >= 0.3 is 0 Å². The normalized spacial score (nSPS) is 11.0. The van der Waals surface area contributed by atoms with Crippen molar-refractivity contribution in [2.24, 2.45) is 0 Å². The van der Waals surface area contributed by atoms with E-state index in [1.54, 1.807) is 0 Å². The first-order chi connectivity index (χ1) is 13.8. The third-order valence-electron chi connectivity index (χ3n) is 4.91. The Morgan fingerprint density at radius 2 is 1.54 bits per heavy atom. The third-order valence-corrected chi connectivity index (χ3v) is 4.91. The molecule has 1 N–H and O–H groups in total. The van der Waals surface area contributed by atoms with Gasteiger partial charge in [-0.3, -0.25) is 4.79 Å². The number of amides is 1. The number of nitrogens with one attached hydrogen (secondary N) is 1. The van der Waals surface area contributed by atoms with E-state index in [0.717, 1.165) is 28.9 Å². The molecule has 2 heterocycles. The lowest BCUT2D eigenvalue weighted by Crippen LogP contribution is -2.27. The lowest BCUT2D eigenvalue weighted by atomic mass is 9.88. The second-order valence-electron chi connectivity index (χ2n) is 6.88. The van der Waals surface area contributed by atoms with Crippen LogP contribution in [0, 0.1) is 0 Å². The molecule has 4 heteroatoms. The van der Waals surface area contributed by atoms with Crippen molar-refractivity contribution >= 4 is 11.6 Å². The van der Waals surface area contributed by atoms with Gasteiger partial charge in [-0.2, -0.15) is 0 Å². The average Bonchev–Trinajstić information content (AvgIpc) is 3.16. The smallest absolute Gasteiger partial charge is 0.220 e. The Labute approximate surface area is 164 Å². The summed E-state index contributed by atoms with van der Waals surface area (Å²) in [6, 6.07) is 26.4. The highest BCUT2D eigenvalue weighted by molar-refractivity contribution is 5.77. The molecule has 0 spiro atoms. The fourth-order valence-corrected chi connectivity index (χ4v) is 3.49. The molecule has 4 nitrogen and oxygen atoms in total. The summed E-state index contributed by atoms with van der Waals surface area (Å²) in [5.41, 5.74) is 4.22. The predicted octanol–water partition coefficient (Wildman–Crippen LogP) is 4.22. The highest BCUT2D eigenvalue weighted by Crippen LogP contribution is 2.27. The van der Waals surface area contributed by atoms with Crippen molar-refractivity contribution in [1.82, 2.24) is 14.7 Å². The van der Waals surface area contributed by atoms with E-state index in [2.05, 4.69) is 34.6 Å². The molecule has 0 atom stereocenters. The summed E-state index contributed by atoms with van der Waals surface area (Å²) >= 11 is 0. The molecule has 0 saturated carbocycles. The first-order valence-corrected chi connectivity index (χ1v) is 9.59. The SMILES string of the molecule is O=C(CC(c1ccccc1)c1ccccc1)NCCc1cn2ccccc2n1. The Kier molecular flexibility index (Phi) is 5.48. The van der Waals surface area contributed by atoms with Crippen molar-refractivity contribution < 1.29 is 4.79 Å². The molecule has 2 aromatic carbocycles. The van der Waals surface area contributed by atoms with Gasteiger partial charge in [0.15, 0.2) is 0 Å². The number of hydrogen-bond acceptors (Lipinski definition) is 2. The van der Waals surface area contributed by atoms with E-state index in [1.165, 1.54) is 0 Å². The number of benzene rings is 2. The van der Waals surface area contributed by atoms with Gasteiger partial charge in [0.1, 0.15) is 5.65 Å². The van der Waals surface area contributed by atoms with Crippen LogP contribution >= 0.6 is 0 Å². The number of carbonyl (C=O) groups is 1. The van der Waals surface area contributed by atoms with Crippen molar-refractivity contribution in [2.75, 3.05) is 6.54 Å². The van der Waals surface area contributed by atoms with Crippen LogP contribution in [0.2, 0.25) is 0 Å². The van der Waals surface area contributed by atoms with Crippen molar-refractivity contribution in [1.29, 1.82) is 0 Å². The van der Waals surface area contributed by atoms with Crippen LogP contribution < -0.4 is 5.32 Å². The molecule has 140 valence electrons. The van der Waals surface area contributed by atoms with Gasteiger partial charge in [0, 0.05) is 37.7 Å². The second kappa shape index (κ2) is 8.53. The number of hydrogen-bond donors (Lipinski definition) is 1.